The monoisotopic (exact) mass is 451 g/mol. The standard InChI is InChI=1S/C22H25N3O3.2ClH/c26-18(16-25-21(27)19-8-4-5-9-20(19)22(25)28)15-24-12-10-23(11-13-24)14-17-6-2-1-3-7-17;;/h1-9,18,26H,10-16H2;2*1H. The minimum Gasteiger partial charge on any atom is -1.00 e. The number of aliphatic hydroxyl groups is 1. The Bertz CT molecular complexity index is 823. The van der Waals surface area contributed by atoms with Gasteiger partial charge in [0, 0.05) is 5.56 Å². The molecule has 2 amide bonds. The van der Waals surface area contributed by atoms with Gasteiger partial charge in [-0.05, 0) is 12.1 Å². The Balaban J connectivity index is 0.00000160. The average Bonchev–Trinajstić information content (AvgIpc) is 2.95. The molecule has 2 aliphatic heterocycles. The maximum atomic E-state index is 12.4. The summed E-state index contributed by atoms with van der Waals surface area (Å²) in [6.07, 6.45) is -0.701. The number of carbonyl (C=O) groups excluding carboxylic acids is 2. The molecule has 0 bridgehead atoms. The lowest BCUT2D eigenvalue weighted by Gasteiger charge is -2.31. The van der Waals surface area contributed by atoms with Gasteiger partial charge in [0.25, 0.3) is 11.8 Å². The molecule has 1 unspecified atom stereocenters. The van der Waals surface area contributed by atoms with Gasteiger partial charge in [-0.1, -0.05) is 42.5 Å². The number of imide groups is 1. The predicted octanol–water partition coefficient (Wildman–Crippen LogP) is -7.36. The molecule has 2 heterocycles. The smallest absolute Gasteiger partial charge is 0.261 e. The SMILES string of the molecule is O=C1c2ccccc2C(=O)N1CC(O)C[NH+]1CC[NH+](Cc2ccccc2)CC1.[Cl-].[Cl-]. The molecular weight excluding hydrogens is 425 g/mol. The van der Waals surface area contributed by atoms with Crippen LogP contribution in [0.1, 0.15) is 26.3 Å². The van der Waals surface area contributed by atoms with Crippen LogP contribution < -0.4 is 34.6 Å². The first-order valence-corrected chi connectivity index (χ1v) is 9.96. The quantitative estimate of drug-likeness (QED) is 0.382. The Kier molecular flexibility index (Phi) is 8.82. The second kappa shape index (κ2) is 10.9. The molecule has 1 fully saturated rings. The molecule has 3 N–H and O–H groups in total. The molecule has 2 aromatic rings. The molecule has 0 spiro atoms. The van der Waals surface area contributed by atoms with Crippen LogP contribution >= 0.6 is 0 Å². The third-order valence-electron chi connectivity index (χ3n) is 5.76. The summed E-state index contributed by atoms with van der Waals surface area (Å²) >= 11 is 0. The van der Waals surface area contributed by atoms with Gasteiger partial charge >= 0.3 is 0 Å². The van der Waals surface area contributed by atoms with Gasteiger partial charge in [0.1, 0.15) is 45.4 Å². The minimum atomic E-state index is -0.701. The summed E-state index contributed by atoms with van der Waals surface area (Å²) in [4.78, 5) is 29.0. The average molecular weight is 452 g/mol. The van der Waals surface area contributed by atoms with E-state index in [1.165, 1.54) is 15.4 Å². The molecular formula is C22H27Cl2N3O3. The van der Waals surface area contributed by atoms with Gasteiger partial charge in [-0.2, -0.15) is 0 Å². The molecule has 0 radical (unpaired) electrons. The van der Waals surface area contributed by atoms with E-state index in [-0.39, 0.29) is 43.2 Å². The lowest BCUT2D eigenvalue weighted by molar-refractivity contribution is -1.02. The summed E-state index contributed by atoms with van der Waals surface area (Å²) in [5.41, 5.74) is 2.22. The van der Waals surface area contributed by atoms with Crippen molar-refractivity contribution in [3.8, 4) is 0 Å². The minimum absolute atomic E-state index is 0. The number of hydrogen-bond acceptors (Lipinski definition) is 3. The molecule has 1 atom stereocenters. The molecule has 8 heteroatoms. The highest BCUT2D eigenvalue weighted by molar-refractivity contribution is 6.21. The number of nitrogens with one attached hydrogen (secondary N) is 2. The number of piperazine rings is 1. The number of β-amino-alcohol motifs (C(OH)–C–C–N with tert-alkyl or cyclic N) is 1. The normalized spacial score (nSPS) is 21.4. The van der Waals surface area contributed by atoms with Crippen molar-refractivity contribution >= 4 is 11.8 Å². The zero-order chi connectivity index (χ0) is 19.5. The fourth-order valence-electron chi connectivity index (χ4n) is 4.24. The number of carbonyl (C=O) groups is 2. The van der Waals surface area contributed by atoms with E-state index in [4.69, 9.17) is 0 Å². The van der Waals surface area contributed by atoms with E-state index in [1.807, 2.05) is 6.07 Å². The van der Waals surface area contributed by atoms with Gasteiger partial charge in [-0.15, -0.1) is 0 Å². The highest BCUT2D eigenvalue weighted by Crippen LogP contribution is 2.22. The largest absolute Gasteiger partial charge is 1.00 e. The third-order valence-corrected chi connectivity index (χ3v) is 5.76. The van der Waals surface area contributed by atoms with Crippen molar-refractivity contribution in [3.05, 3.63) is 71.3 Å². The van der Waals surface area contributed by atoms with E-state index in [0.29, 0.717) is 17.7 Å². The summed E-state index contributed by atoms with van der Waals surface area (Å²) in [7, 11) is 0. The molecule has 2 aromatic carbocycles. The molecule has 6 nitrogen and oxygen atoms in total. The molecule has 162 valence electrons. The number of rotatable bonds is 6. The topological polar surface area (TPSA) is 66.5 Å². The lowest BCUT2D eigenvalue weighted by atomic mass is 10.1. The molecule has 2 aliphatic rings. The van der Waals surface area contributed by atoms with E-state index >= 15 is 0 Å². The number of aliphatic hydroxyl groups excluding tert-OH is 1. The van der Waals surface area contributed by atoms with Crippen LogP contribution in [0.2, 0.25) is 0 Å². The number of fused-ring (bicyclic) bond motifs is 1. The summed E-state index contributed by atoms with van der Waals surface area (Å²) in [5, 5.41) is 10.5. The number of halogens is 2. The lowest BCUT2D eigenvalue weighted by Crippen LogP contribution is -3.28. The first-order chi connectivity index (χ1) is 13.6. The van der Waals surface area contributed by atoms with Crippen LogP contribution in [0.5, 0.6) is 0 Å². The van der Waals surface area contributed by atoms with Gasteiger partial charge in [0.2, 0.25) is 0 Å². The highest BCUT2D eigenvalue weighted by atomic mass is 35.5. The number of amides is 2. The van der Waals surface area contributed by atoms with Crippen LogP contribution in [-0.2, 0) is 6.54 Å². The van der Waals surface area contributed by atoms with E-state index in [1.54, 1.807) is 29.2 Å². The van der Waals surface area contributed by atoms with Crippen molar-refractivity contribution in [1.82, 2.24) is 4.90 Å². The zero-order valence-corrected chi connectivity index (χ0v) is 18.2. The van der Waals surface area contributed by atoms with Crippen molar-refractivity contribution in [3.63, 3.8) is 0 Å². The second-order valence-electron chi connectivity index (χ2n) is 7.79. The molecule has 0 aromatic heterocycles. The molecule has 0 saturated carbocycles. The van der Waals surface area contributed by atoms with Crippen molar-refractivity contribution in [2.75, 3.05) is 39.3 Å². The summed E-state index contributed by atoms with van der Waals surface area (Å²) in [6, 6.07) is 17.4. The third kappa shape index (κ3) is 5.39. The van der Waals surface area contributed by atoms with Crippen LogP contribution in [-0.4, -0.2) is 67.2 Å². The second-order valence-corrected chi connectivity index (χ2v) is 7.79. The summed E-state index contributed by atoms with van der Waals surface area (Å²) < 4.78 is 0. The summed E-state index contributed by atoms with van der Waals surface area (Å²) in [5.74, 6) is -0.599. The van der Waals surface area contributed by atoms with E-state index in [0.717, 1.165) is 32.7 Å². The van der Waals surface area contributed by atoms with E-state index in [9.17, 15) is 14.7 Å². The Hall–Kier alpha value is -1.96. The predicted molar refractivity (Wildman–Crippen MR) is 104 cm³/mol. The van der Waals surface area contributed by atoms with Crippen molar-refractivity contribution in [1.29, 1.82) is 0 Å². The zero-order valence-electron chi connectivity index (χ0n) is 16.7. The van der Waals surface area contributed by atoms with Crippen LogP contribution in [0, 0.1) is 0 Å². The highest BCUT2D eigenvalue weighted by Gasteiger charge is 2.37. The molecule has 0 aliphatic carbocycles. The van der Waals surface area contributed by atoms with Gasteiger partial charge in [-0.3, -0.25) is 14.5 Å². The van der Waals surface area contributed by atoms with Crippen LogP contribution in [0.4, 0.5) is 0 Å². The Morgan fingerprint density at radius 3 is 1.87 bits per heavy atom. The van der Waals surface area contributed by atoms with Crippen LogP contribution in [0.25, 0.3) is 0 Å². The van der Waals surface area contributed by atoms with Gasteiger partial charge in [0.05, 0.1) is 17.7 Å². The number of hydrogen-bond donors (Lipinski definition) is 3. The molecule has 1 saturated heterocycles. The van der Waals surface area contributed by atoms with Gasteiger partial charge < -0.3 is 39.7 Å². The number of benzene rings is 2. The Labute approximate surface area is 189 Å². The van der Waals surface area contributed by atoms with Crippen molar-refractivity contribution < 1.29 is 49.3 Å². The van der Waals surface area contributed by atoms with Crippen molar-refractivity contribution in [2.45, 2.75) is 12.6 Å². The number of quaternary nitrogens is 2. The van der Waals surface area contributed by atoms with Gasteiger partial charge in [-0.25, -0.2) is 0 Å². The maximum absolute atomic E-state index is 12.4. The summed E-state index contributed by atoms with van der Waals surface area (Å²) in [6.45, 7) is 5.75. The fraction of sp³-hybridized carbons (Fsp3) is 0.364. The Morgan fingerprint density at radius 1 is 0.800 bits per heavy atom. The molecule has 30 heavy (non-hydrogen) atoms. The first kappa shape index (κ1) is 24.3. The van der Waals surface area contributed by atoms with E-state index in [2.05, 4.69) is 24.3 Å². The maximum Gasteiger partial charge on any atom is 0.261 e. The first-order valence-electron chi connectivity index (χ1n) is 9.96. The Morgan fingerprint density at radius 2 is 1.30 bits per heavy atom. The number of nitrogens with zero attached hydrogens (tertiary/aromatic N) is 1. The molecule has 4 rings (SSSR count). The fourth-order valence-corrected chi connectivity index (χ4v) is 4.24. The van der Waals surface area contributed by atoms with E-state index < -0.39 is 6.10 Å². The van der Waals surface area contributed by atoms with Crippen LogP contribution in [0.3, 0.4) is 0 Å². The van der Waals surface area contributed by atoms with Crippen LogP contribution in [0.15, 0.2) is 54.6 Å². The van der Waals surface area contributed by atoms with Crippen molar-refractivity contribution in [2.24, 2.45) is 0 Å². The van der Waals surface area contributed by atoms with Gasteiger partial charge in [0.15, 0.2) is 0 Å².